The molecule has 0 unspecified atom stereocenters. The van der Waals surface area contributed by atoms with Gasteiger partial charge in [0, 0.05) is 23.1 Å². The van der Waals surface area contributed by atoms with Crippen molar-refractivity contribution in [3.8, 4) is 0 Å². The van der Waals surface area contributed by atoms with E-state index in [1.165, 1.54) is 25.0 Å². The molecule has 1 fully saturated rings. The minimum Gasteiger partial charge on any atom is -0.324 e. The van der Waals surface area contributed by atoms with Crippen molar-refractivity contribution in [3.05, 3.63) is 44.9 Å². The van der Waals surface area contributed by atoms with Crippen LogP contribution in [0.2, 0.25) is 5.02 Å². The van der Waals surface area contributed by atoms with Crippen LogP contribution >= 0.6 is 22.9 Å². The number of halogens is 2. The van der Waals surface area contributed by atoms with Gasteiger partial charge in [-0.2, -0.15) is 0 Å². The smallest absolute Gasteiger partial charge is 0.230 e. The third-order valence-corrected chi connectivity index (χ3v) is 5.40. The molecule has 1 amide bonds. The monoisotopic (exact) mass is 367 g/mol. The largest absolute Gasteiger partial charge is 0.324 e. The first-order valence-electron chi connectivity index (χ1n) is 7.95. The van der Waals surface area contributed by atoms with Crippen molar-refractivity contribution in [1.82, 2.24) is 4.57 Å². The molecule has 1 saturated carbocycles. The van der Waals surface area contributed by atoms with Crippen molar-refractivity contribution in [2.75, 3.05) is 5.32 Å². The van der Waals surface area contributed by atoms with E-state index in [-0.39, 0.29) is 18.0 Å². The van der Waals surface area contributed by atoms with Crippen LogP contribution in [0.25, 0.3) is 0 Å². The Balaban J connectivity index is 1.69. The van der Waals surface area contributed by atoms with Crippen molar-refractivity contribution in [2.24, 2.45) is 12.0 Å². The zero-order valence-corrected chi connectivity index (χ0v) is 15.0. The number of hydrogen-bond acceptors (Lipinski definition) is 3. The molecule has 1 aliphatic carbocycles. The Morgan fingerprint density at radius 3 is 2.92 bits per heavy atom. The molecular formula is C17H19ClFN3OS. The van der Waals surface area contributed by atoms with Gasteiger partial charge in [0.25, 0.3) is 0 Å². The minimum atomic E-state index is -0.539. The van der Waals surface area contributed by atoms with Crippen LogP contribution in [0.5, 0.6) is 0 Å². The molecule has 1 aromatic heterocycles. The zero-order valence-electron chi connectivity index (χ0n) is 13.4. The number of rotatable bonds is 4. The van der Waals surface area contributed by atoms with Gasteiger partial charge in [0.2, 0.25) is 5.91 Å². The van der Waals surface area contributed by atoms with Gasteiger partial charge in [-0.3, -0.25) is 9.79 Å². The topological polar surface area (TPSA) is 46.4 Å². The third kappa shape index (κ3) is 4.05. The lowest BCUT2D eigenvalue weighted by molar-refractivity contribution is -0.115. The molecule has 4 nitrogen and oxygen atoms in total. The summed E-state index contributed by atoms with van der Waals surface area (Å²) < 4.78 is 15.7. The van der Waals surface area contributed by atoms with Gasteiger partial charge in [-0.15, -0.1) is 11.3 Å². The summed E-state index contributed by atoms with van der Waals surface area (Å²) in [6.07, 6.45) is 4.94. The summed E-state index contributed by atoms with van der Waals surface area (Å²) in [5, 5.41) is 4.82. The highest BCUT2D eigenvalue weighted by Crippen LogP contribution is 2.21. The van der Waals surface area contributed by atoms with Crippen LogP contribution in [0.1, 0.15) is 31.4 Å². The molecule has 0 aliphatic heterocycles. The van der Waals surface area contributed by atoms with E-state index >= 15 is 0 Å². The van der Waals surface area contributed by atoms with Gasteiger partial charge in [0.05, 0.1) is 18.2 Å². The summed E-state index contributed by atoms with van der Waals surface area (Å²) in [6, 6.07) is 4.59. The highest BCUT2D eigenvalue weighted by Gasteiger charge is 2.15. The van der Waals surface area contributed by atoms with Crippen molar-refractivity contribution in [1.29, 1.82) is 0 Å². The predicted molar refractivity (Wildman–Crippen MR) is 94.9 cm³/mol. The first kappa shape index (κ1) is 17.2. The molecule has 24 heavy (non-hydrogen) atoms. The van der Waals surface area contributed by atoms with Gasteiger partial charge in [0.15, 0.2) is 4.80 Å². The fourth-order valence-electron chi connectivity index (χ4n) is 2.82. The van der Waals surface area contributed by atoms with Crippen LogP contribution in [0, 0.1) is 5.82 Å². The summed E-state index contributed by atoms with van der Waals surface area (Å²) >= 11 is 7.25. The van der Waals surface area contributed by atoms with E-state index in [0.29, 0.717) is 11.1 Å². The van der Waals surface area contributed by atoms with Crippen LogP contribution in [-0.4, -0.2) is 16.5 Å². The number of thiazole rings is 1. The summed E-state index contributed by atoms with van der Waals surface area (Å²) in [5.74, 6) is -0.806. The summed E-state index contributed by atoms with van der Waals surface area (Å²) in [6.45, 7) is 0. The van der Waals surface area contributed by atoms with Crippen molar-refractivity contribution in [3.63, 3.8) is 0 Å². The lowest BCUT2D eigenvalue weighted by Gasteiger charge is -2.07. The molecule has 1 heterocycles. The number of nitrogens with one attached hydrogen (secondary N) is 1. The Kier molecular flexibility index (Phi) is 5.36. The molecule has 128 valence electrons. The maximum Gasteiger partial charge on any atom is 0.230 e. The van der Waals surface area contributed by atoms with Crippen LogP contribution in [0.3, 0.4) is 0 Å². The number of anilines is 1. The van der Waals surface area contributed by atoms with Crippen molar-refractivity contribution < 1.29 is 9.18 Å². The average Bonchev–Trinajstić information content (AvgIpc) is 3.16. The van der Waals surface area contributed by atoms with Crippen LogP contribution in [0.15, 0.2) is 28.6 Å². The van der Waals surface area contributed by atoms with E-state index in [1.54, 1.807) is 17.4 Å². The molecule has 3 rings (SSSR count). The fraction of sp³-hybridized carbons (Fsp3) is 0.412. The second-order valence-corrected chi connectivity index (χ2v) is 7.26. The van der Waals surface area contributed by atoms with E-state index in [4.69, 9.17) is 16.6 Å². The zero-order chi connectivity index (χ0) is 17.1. The van der Waals surface area contributed by atoms with Gasteiger partial charge in [0.1, 0.15) is 5.82 Å². The maximum absolute atomic E-state index is 13.7. The molecule has 0 saturated heterocycles. The summed E-state index contributed by atoms with van der Waals surface area (Å²) in [4.78, 5) is 17.9. The van der Waals surface area contributed by atoms with Gasteiger partial charge in [-0.25, -0.2) is 4.39 Å². The standard InChI is InChI=1S/C17H19ClFN3OS/c1-22-13(10-24-17(22)20-12-4-2-3-5-12)9-16(23)21-15-7-6-11(18)8-14(15)19/h6-8,10,12H,2-5,9H2,1H3,(H,21,23). The molecule has 0 spiro atoms. The van der Waals surface area contributed by atoms with Gasteiger partial charge in [-0.1, -0.05) is 24.4 Å². The molecule has 2 aromatic rings. The first-order chi connectivity index (χ1) is 11.5. The fourth-order valence-corrected chi connectivity index (χ4v) is 3.95. The van der Waals surface area contributed by atoms with Crippen molar-refractivity contribution in [2.45, 2.75) is 38.1 Å². The molecule has 1 aliphatic rings. The summed E-state index contributed by atoms with van der Waals surface area (Å²) in [7, 11) is 1.91. The predicted octanol–water partition coefficient (Wildman–Crippen LogP) is 3.90. The van der Waals surface area contributed by atoms with Gasteiger partial charge < -0.3 is 9.88 Å². The molecule has 0 bridgehead atoms. The Labute approximate surface area is 149 Å². The summed E-state index contributed by atoms with van der Waals surface area (Å²) in [5.41, 5.74) is 1.00. The number of carbonyl (C=O) groups excluding carboxylic acids is 1. The Morgan fingerprint density at radius 1 is 1.46 bits per heavy atom. The maximum atomic E-state index is 13.7. The molecule has 1 N–H and O–H groups in total. The van der Waals surface area contributed by atoms with E-state index in [0.717, 1.165) is 23.3 Å². The van der Waals surface area contributed by atoms with Crippen molar-refractivity contribution >= 4 is 34.5 Å². The van der Waals surface area contributed by atoms with Crippen LogP contribution in [0.4, 0.5) is 10.1 Å². The highest BCUT2D eigenvalue weighted by molar-refractivity contribution is 7.07. The lowest BCUT2D eigenvalue weighted by atomic mass is 10.2. The molecule has 7 heteroatoms. The Bertz CT molecular complexity index is 808. The highest BCUT2D eigenvalue weighted by atomic mass is 35.5. The SMILES string of the molecule is Cn1c(CC(=O)Nc2ccc(Cl)cc2F)csc1=NC1CCCC1. The number of aromatic nitrogens is 1. The van der Waals surface area contributed by atoms with Crippen LogP contribution < -0.4 is 10.1 Å². The second-order valence-electron chi connectivity index (χ2n) is 5.99. The number of nitrogens with zero attached hydrogens (tertiary/aromatic N) is 2. The number of amides is 1. The average molecular weight is 368 g/mol. The normalized spacial score (nSPS) is 15.9. The molecular weight excluding hydrogens is 349 g/mol. The number of carbonyl (C=O) groups is 1. The van der Waals surface area contributed by atoms with E-state index in [2.05, 4.69) is 5.32 Å². The van der Waals surface area contributed by atoms with E-state index < -0.39 is 5.82 Å². The number of benzene rings is 1. The lowest BCUT2D eigenvalue weighted by Crippen LogP contribution is -2.21. The van der Waals surface area contributed by atoms with E-state index in [9.17, 15) is 9.18 Å². The Hall–Kier alpha value is -1.66. The van der Waals surface area contributed by atoms with Crippen LogP contribution in [-0.2, 0) is 18.3 Å². The Morgan fingerprint density at radius 2 is 2.21 bits per heavy atom. The molecule has 0 radical (unpaired) electrons. The number of hydrogen-bond donors (Lipinski definition) is 1. The van der Waals surface area contributed by atoms with E-state index in [1.807, 2.05) is 17.0 Å². The minimum absolute atomic E-state index is 0.137. The third-order valence-electron chi connectivity index (χ3n) is 4.18. The van der Waals surface area contributed by atoms with Gasteiger partial charge >= 0.3 is 0 Å². The first-order valence-corrected chi connectivity index (χ1v) is 9.21. The quantitative estimate of drug-likeness (QED) is 0.875. The molecule has 0 atom stereocenters. The second kappa shape index (κ2) is 7.49. The molecule has 1 aromatic carbocycles. The van der Waals surface area contributed by atoms with Gasteiger partial charge in [-0.05, 0) is 31.0 Å².